The van der Waals surface area contributed by atoms with Crippen molar-refractivity contribution in [3.05, 3.63) is 38.3 Å². The first-order chi connectivity index (χ1) is 9.04. The fourth-order valence-electron chi connectivity index (χ4n) is 1.50. The number of rotatable bonds is 4. The van der Waals surface area contributed by atoms with Gasteiger partial charge in [-0.15, -0.1) is 11.3 Å². The fourth-order valence-corrected chi connectivity index (χ4v) is 2.09. The van der Waals surface area contributed by atoms with Crippen LogP contribution in [0.5, 0.6) is 0 Å². The molecule has 2 aromatic rings. The zero-order valence-electron chi connectivity index (χ0n) is 10.3. The van der Waals surface area contributed by atoms with Crippen LogP contribution in [0.4, 0.5) is 5.82 Å². The molecule has 0 saturated heterocycles. The summed E-state index contributed by atoms with van der Waals surface area (Å²) in [6.45, 7) is 2.19. The highest BCUT2D eigenvalue weighted by atomic mass is 32.1. The van der Waals surface area contributed by atoms with E-state index in [1.165, 1.54) is 17.4 Å². The van der Waals surface area contributed by atoms with Crippen LogP contribution in [0.3, 0.4) is 0 Å². The van der Waals surface area contributed by atoms with Gasteiger partial charge in [0, 0.05) is 24.4 Å². The number of carbonyl (C=O) groups is 1. The molecule has 2 rings (SSSR count). The molecule has 0 spiro atoms. The van der Waals surface area contributed by atoms with E-state index < -0.39 is 0 Å². The Labute approximate surface area is 112 Å². The summed E-state index contributed by atoms with van der Waals surface area (Å²) in [5.74, 6) is 0.371. The summed E-state index contributed by atoms with van der Waals surface area (Å²) in [7, 11) is 0. The van der Waals surface area contributed by atoms with E-state index in [4.69, 9.17) is 5.73 Å². The molecule has 2 aromatic heterocycles. The first-order valence-corrected chi connectivity index (χ1v) is 6.48. The van der Waals surface area contributed by atoms with Crippen LogP contribution in [0, 0.1) is 6.92 Å². The van der Waals surface area contributed by atoms with Crippen molar-refractivity contribution in [3.8, 4) is 0 Å². The van der Waals surface area contributed by atoms with E-state index in [9.17, 15) is 9.59 Å². The first-order valence-electron chi connectivity index (χ1n) is 5.60. The summed E-state index contributed by atoms with van der Waals surface area (Å²) >= 11 is 1.42. The number of hydrogen-bond acceptors (Lipinski definition) is 6. The molecule has 0 aliphatic carbocycles. The van der Waals surface area contributed by atoms with E-state index in [0.717, 1.165) is 5.01 Å². The zero-order chi connectivity index (χ0) is 13.8. The van der Waals surface area contributed by atoms with Gasteiger partial charge in [-0.2, -0.15) is 0 Å². The van der Waals surface area contributed by atoms with Crippen LogP contribution in [0.2, 0.25) is 0 Å². The summed E-state index contributed by atoms with van der Waals surface area (Å²) in [6, 6.07) is 1.21. The van der Waals surface area contributed by atoms with Gasteiger partial charge >= 0.3 is 0 Å². The van der Waals surface area contributed by atoms with Gasteiger partial charge in [0.2, 0.25) is 0 Å². The smallest absolute Gasteiger partial charge is 0.270 e. The standard InChI is InChI=1S/C11H13N5O2S/c1-6-14-7(5-19-6)11(18)13-3-2-9-15-8(12)4-10(17)16-9/h4-5H,2-3H2,1H3,(H,13,18)(H3,12,15,16,17). The predicted octanol–water partition coefficient (Wildman–Crippen LogP) is 0.0895. The van der Waals surface area contributed by atoms with Crippen LogP contribution in [-0.4, -0.2) is 27.4 Å². The van der Waals surface area contributed by atoms with Crippen LogP contribution < -0.4 is 16.6 Å². The molecule has 0 radical (unpaired) electrons. The highest BCUT2D eigenvalue weighted by Gasteiger charge is 2.08. The number of nitrogen functional groups attached to an aromatic ring is 1. The van der Waals surface area contributed by atoms with Gasteiger partial charge in [0.1, 0.15) is 17.3 Å². The van der Waals surface area contributed by atoms with E-state index in [1.807, 2.05) is 6.92 Å². The third-order valence-electron chi connectivity index (χ3n) is 2.31. The van der Waals surface area contributed by atoms with Crippen LogP contribution >= 0.6 is 11.3 Å². The number of anilines is 1. The minimum Gasteiger partial charge on any atom is -0.383 e. The topological polar surface area (TPSA) is 114 Å². The number of nitrogens with one attached hydrogen (secondary N) is 2. The van der Waals surface area contributed by atoms with Gasteiger partial charge in [-0.3, -0.25) is 9.59 Å². The monoisotopic (exact) mass is 279 g/mol. The average molecular weight is 279 g/mol. The SMILES string of the molecule is Cc1nc(C(=O)NCCc2nc(N)cc(=O)[nH]2)cs1. The number of amides is 1. The molecule has 0 saturated carbocycles. The maximum atomic E-state index is 11.7. The predicted molar refractivity (Wildman–Crippen MR) is 72.2 cm³/mol. The number of carbonyl (C=O) groups excluding carboxylic acids is 1. The van der Waals surface area contributed by atoms with E-state index in [2.05, 4.69) is 20.3 Å². The summed E-state index contributed by atoms with van der Waals surface area (Å²) in [6.07, 6.45) is 0.398. The molecule has 0 aliphatic rings. The molecule has 19 heavy (non-hydrogen) atoms. The lowest BCUT2D eigenvalue weighted by Gasteiger charge is -2.03. The van der Waals surface area contributed by atoms with Crippen molar-refractivity contribution >= 4 is 23.1 Å². The Bertz CT molecular complexity index is 649. The van der Waals surface area contributed by atoms with E-state index >= 15 is 0 Å². The molecule has 8 heteroatoms. The lowest BCUT2D eigenvalue weighted by molar-refractivity contribution is 0.0949. The molecule has 100 valence electrons. The second-order valence-corrected chi connectivity index (χ2v) is 4.94. The molecule has 0 unspecified atom stereocenters. The van der Waals surface area contributed by atoms with Crippen LogP contribution in [0.25, 0.3) is 0 Å². The molecule has 1 amide bonds. The van der Waals surface area contributed by atoms with Crippen LogP contribution in [0.15, 0.2) is 16.2 Å². The van der Waals surface area contributed by atoms with E-state index in [0.29, 0.717) is 24.5 Å². The number of nitrogens with zero attached hydrogens (tertiary/aromatic N) is 2. The molecular formula is C11H13N5O2S. The molecule has 0 aliphatic heterocycles. The van der Waals surface area contributed by atoms with E-state index in [1.54, 1.807) is 5.38 Å². The zero-order valence-corrected chi connectivity index (χ0v) is 11.1. The van der Waals surface area contributed by atoms with Gasteiger partial charge in [-0.1, -0.05) is 0 Å². The van der Waals surface area contributed by atoms with E-state index in [-0.39, 0.29) is 17.3 Å². The van der Waals surface area contributed by atoms with Crippen LogP contribution in [0.1, 0.15) is 21.3 Å². The molecule has 2 heterocycles. The number of nitrogens with two attached hydrogens (primary N) is 1. The quantitative estimate of drug-likeness (QED) is 0.734. The Kier molecular flexibility index (Phi) is 3.91. The lowest BCUT2D eigenvalue weighted by Crippen LogP contribution is -2.27. The van der Waals surface area contributed by atoms with Gasteiger partial charge in [0.15, 0.2) is 0 Å². The maximum Gasteiger partial charge on any atom is 0.270 e. The van der Waals surface area contributed by atoms with Gasteiger partial charge in [-0.25, -0.2) is 9.97 Å². The number of aromatic amines is 1. The van der Waals surface area contributed by atoms with Gasteiger partial charge in [-0.05, 0) is 6.92 Å². The molecule has 0 fully saturated rings. The number of hydrogen-bond donors (Lipinski definition) is 3. The molecule has 0 bridgehead atoms. The molecule has 4 N–H and O–H groups in total. The Morgan fingerprint density at radius 1 is 1.53 bits per heavy atom. The summed E-state index contributed by atoms with van der Waals surface area (Å²) in [5.41, 5.74) is 5.56. The van der Waals surface area contributed by atoms with Gasteiger partial charge in [0.05, 0.1) is 5.01 Å². The highest BCUT2D eigenvalue weighted by molar-refractivity contribution is 7.09. The summed E-state index contributed by atoms with van der Waals surface area (Å²) < 4.78 is 0. The maximum absolute atomic E-state index is 11.7. The van der Waals surface area contributed by atoms with Gasteiger partial charge < -0.3 is 16.0 Å². The molecule has 7 nitrogen and oxygen atoms in total. The average Bonchev–Trinajstić information content (AvgIpc) is 2.74. The minimum absolute atomic E-state index is 0.167. The molecular weight excluding hydrogens is 266 g/mol. The van der Waals surface area contributed by atoms with Gasteiger partial charge in [0.25, 0.3) is 11.5 Å². The van der Waals surface area contributed by atoms with Crippen molar-refractivity contribution in [2.24, 2.45) is 0 Å². The Morgan fingerprint density at radius 3 is 2.95 bits per heavy atom. The third-order valence-corrected chi connectivity index (χ3v) is 3.08. The lowest BCUT2D eigenvalue weighted by atomic mass is 10.3. The first kappa shape index (κ1) is 13.2. The van der Waals surface area contributed by atoms with Crippen molar-refractivity contribution in [2.75, 3.05) is 12.3 Å². The normalized spacial score (nSPS) is 10.4. The summed E-state index contributed by atoms with van der Waals surface area (Å²) in [4.78, 5) is 33.5. The van der Waals surface area contributed by atoms with Crippen molar-refractivity contribution in [1.29, 1.82) is 0 Å². The summed E-state index contributed by atoms with van der Waals surface area (Å²) in [5, 5.41) is 5.24. The minimum atomic E-state index is -0.302. The van der Waals surface area contributed by atoms with Crippen molar-refractivity contribution in [3.63, 3.8) is 0 Å². The number of H-pyrrole nitrogens is 1. The third kappa shape index (κ3) is 3.62. The van der Waals surface area contributed by atoms with Crippen LogP contribution in [-0.2, 0) is 6.42 Å². The van der Waals surface area contributed by atoms with Crippen molar-refractivity contribution in [1.82, 2.24) is 20.3 Å². The number of aryl methyl sites for hydroxylation is 1. The Hall–Kier alpha value is -2.22. The highest BCUT2D eigenvalue weighted by Crippen LogP contribution is 2.07. The Balaban J connectivity index is 1.90. The van der Waals surface area contributed by atoms with Crippen molar-refractivity contribution in [2.45, 2.75) is 13.3 Å². The van der Waals surface area contributed by atoms with Crippen molar-refractivity contribution < 1.29 is 4.79 Å². The Morgan fingerprint density at radius 2 is 2.32 bits per heavy atom. The molecule has 0 aromatic carbocycles. The number of thiazole rings is 1. The second-order valence-electron chi connectivity index (χ2n) is 3.87. The number of aromatic nitrogens is 3. The molecule has 0 atom stereocenters. The second kappa shape index (κ2) is 5.61. The fraction of sp³-hybridized carbons (Fsp3) is 0.273. The largest absolute Gasteiger partial charge is 0.383 e.